The van der Waals surface area contributed by atoms with Crippen molar-refractivity contribution >= 4 is 40.7 Å². The van der Waals surface area contributed by atoms with E-state index in [0.717, 1.165) is 11.1 Å². The van der Waals surface area contributed by atoms with Crippen LogP contribution in [-0.4, -0.2) is 24.3 Å². The second-order valence-corrected chi connectivity index (χ2v) is 11.6. The molecule has 0 aliphatic carbocycles. The number of rotatable bonds is 9. The van der Waals surface area contributed by atoms with Crippen LogP contribution in [0.5, 0.6) is 11.5 Å². The third kappa shape index (κ3) is 6.34. The summed E-state index contributed by atoms with van der Waals surface area (Å²) in [7, 11) is 1.59. The smallest absolute Gasteiger partial charge is 0.338 e. The van der Waals surface area contributed by atoms with Crippen LogP contribution in [-0.2, 0) is 16.1 Å². The molecule has 0 saturated heterocycles. The maximum Gasteiger partial charge on any atom is 0.338 e. The molecule has 4 aromatic carbocycles. The Labute approximate surface area is 268 Å². The van der Waals surface area contributed by atoms with E-state index in [9.17, 15) is 9.59 Å². The topological polar surface area (TPSA) is 79.1 Å². The molecule has 45 heavy (non-hydrogen) atoms. The number of esters is 1. The summed E-state index contributed by atoms with van der Waals surface area (Å²) < 4.78 is 19.1. The maximum absolute atomic E-state index is 14.3. The standard InChI is InChI=1S/C36H29ClN2O5S/c1-3-43-35(41)31-32(24-12-8-5-9-13-24)38-36-39(33(31)25-14-17-28(42-2)18-15-25)34(40)30(45-36)21-26-20-27(37)16-19-29(26)44-22-23-10-6-4-7-11-23/h4-21,33H,3,22H2,1-2H3/b30-21-/t33-/m1/s1. The molecule has 0 radical (unpaired) electrons. The summed E-state index contributed by atoms with van der Waals surface area (Å²) in [4.78, 5) is 33.3. The molecular weight excluding hydrogens is 608 g/mol. The van der Waals surface area contributed by atoms with Crippen molar-refractivity contribution in [3.63, 3.8) is 0 Å². The highest BCUT2D eigenvalue weighted by Gasteiger charge is 2.35. The predicted octanol–water partition coefficient (Wildman–Crippen LogP) is 6.18. The number of methoxy groups -OCH3 is 1. The highest BCUT2D eigenvalue weighted by molar-refractivity contribution is 7.07. The van der Waals surface area contributed by atoms with Gasteiger partial charge in [-0.05, 0) is 54.5 Å². The Morgan fingerprint density at radius 2 is 1.69 bits per heavy atom. The van der Waals surface area contributed by atoms with Gasteiger partial charge in [-0.2, -0.15) is 0 Å². The third-order valence-corrected chi connectivity index (χ3v) is 8.52. The van der Waals surface area contributed by atoms with Gasteiger partial charge in [0.15, 0.2) is 4.80 Å². The van der Waals surface area contributed by atoms with E-state index in [1.165, 1.54) is 11.3 Å². The number of thiazole rings is 1. The number of ether oxygens (including phenoxy) is 3. The fourth-order valence-electron chi connectivity index (χ4n) is 5.18. The van der Waals surface area contributed by atoms with Crippen molar-refractivity contribution in [3.05, 3.63) is 156 Å². The molecule has 1 atom stereocenters. The van der Waals surface area contributed by atoms with E-state index in [4.69, 9.17) is 30.8 Å². The first kappa shape index (κ1) is 30.1. The van der Waals surface area contributed by atoms with Gasteiger partial charge >= 0.3 is 5.97 Å². The Morgan fingerprint density at radius 3 is 2.38 bits per heavy atom. The van der Waals surface area contributed by atoms with Crippen molar-refractivity contribution in [2.75, 3.05) is 13.7 Å². The Kier molecular flexibility index (Phi) is 8.96. The van der Waals surface area contributed by atoms with Crippen molar-refractivity contribution in [3.8, 4) is 11.5 Å². The van der Waals surface area contributed by atoms with E-state index in [1.807, 2.05) is 72.8 Å². The summed E-state index contributed by atoms with van der Waals surface area (Å²) in [5.74, 6) is 0.694. The van der Waals surface area contributed by atoms with Gasteiger partial charge in [0.2, 0.25) is 0 Å². The first-order valence-corrected chi connectivity index (χ1v) is 15.5. The molecule has 0 saturated carbocycles. The van der Waals surface area contributed by atoms with Gasteiger partial charge in [-0.25, -0.2) is 9.79 Å². The SMILES string of the molecule is CCOC(=O)C1=C(c2ccccc2)N=c2s/c(=C\c3cc(Cl)ccc3OCc3ccccc3)c(=O)n2[C@@H]1c1ccc(OC)cc1. The first-order valence-electron chi connectivity index (χ1n) is 14.4. The molecule has 0 unspecified atom stereocenters. The average molecular weight is 637 g/mol. The van der Waals surface area contributed by atoms with Crippen molar-refractivity contribution < 1.29 is 19.0 Å². The summed E-state index contributed by atoms with van der Waals surface area (Å²) in [5.41, 5.74) is 3.55. The minimum absolute atomic E-state index is 0.171. The zero-order valence-electron chi connectivity index (χ0n) is 24.6. The lowest BCUT2D eigenvalue weighted by molar-refractivity contribution is -0.138. The van der Waals surface area contributed by atoms with Gasteiger partial charge in [-0.1, -0.05) is 95.7 Å². The molecule has 7 nitrogen and oxygen atoms in total. The lowest BCUT2D eigenvalue weighted by atomic mass is 9.93. The first-order chi connectivity index (χ1) is 22.0. The molecule has 5 aromatic rings. The molecule has 9 heteroatoms. The number of benzene rings is 4. The van der Waals surface area contributed by atoms with E-state index in [2.05, 4.69) is 0 Å². The van der Waals surface area contributed by atoms with Gasteiger partial charge in [-0.3, -0.25) is 9.36 Å². The Balaban J connectivity index is 1.55. The molecule has 0 amide bonds. The van der Waals surface area contributed by atoms with Crippen LogP contribution in [0.4, 0.5) is 0 Å². The van der Waals surface area contributed by atoms with Crippen molar-refractivity contribution in [2.24, 2.45) is 4.99 Å². The summed E-state index contributed by atoms with van der Waals surface area (Å²) >= 11 is 7.63. The maximum atomic E-state index is 14.3. The lowest BCUT2D eigenvalue weighted by Gasteiger charge is -2.26. The van der Waals surface area contributed by atoms with E-state index in [-0.39, 0.29) is 17.7 Å². The summed E-state index contributed by atoms with van der Waals surface area (Å²) in [5, 5.41) is 0.508. The van der Waals surface area contributed by atoms with E-state index < -0.39 is 12.0 Å². The van der Waals surface area contributed by atoms with Gasteiger partial charge in [0.25, 0.3) is 5.56 Å². The monoisotopic (exact) mass is 636 g/mol. The van der Waals surface area contributed by atoms with Crippen LogP contribution in [0, 0.1) is 0 Å². The van der Waals surface area contributed by atoms with E-state index in [1.54, 1.807) is 55.0 Å². The van der Waals surface area contributed by atoms with Gasteiger partial charge < -0.3 is 14.2 Å². The highest BCUT2D eigenvalue weighted by atomic mass is 35.5. The fourth-order valence-corrected chi connectivity index (χ4v) is 6.35. The van der Waals surface area contributed by atoms with Crippen molar-refractivity contribution in [1.29, 1.82) is 0 Å². The normalized spacial score (nSPS) is 14.5. The second-order valence-electron chi connectivity index (χ2n) is 10.2. The molecule has 0 N–H and O–H groups in total. The molecule has 6 rings (SSSR count). The van der Waals surface area contributed by atoms with Gasteiger partial charge in [-0.15, -0.1) is 0 Å². The zero-order chi connectivity index (χ0) is 31.3. The molecule has 0 fully saturated rings. The Bertz CT molecular complexity index is 2050. The summed E-state index contributed by atoms with van der Waals surface area (Å²) in [6.45, 7) is 2.27. The number of halogens is 1. The number of nitrogens with zero attached hydrogens (tertiary/aromatic N) is 2. The van der Waals surface area contributed by atoms with Crippen LogP contribution in [0.2, 0.25) is 5.02 Å². The number of carbonyl (C=O) groups is 1. The number of fused-ring (bicyclic) bond motifs is 1. The number of carbonyl (C=O) groups excluding carboxylic acids is 1. The molecule has 2 heterocycles. The summed E-state index contributed by atoms with van der Waals surface area (Å²) in [6.07, 6.45) is 1.76. The molecule has 1 aromatic heterocycles. The molecule has 0 bridgehead atoms. The van der Waals surface area contributed by atoms with Crippen LogP contribution >= 0.6 is 22.9 Å². The lowest BCUT2D eigenvalue weighted by Crippen LogP contribution is -2.40. The predicted molar refractivity (Wildman–Crippen MR) is 176 cm³/mol. The average Bonchev–Trinajstić information content (AvgIpc) is 3.38. The minimum atomic E-state index is -0.795. The second kappa shape index (κ2) is 13.4. The third-order valence-electron chi connectivity index (χ3n) is 7.30. The van der Waals surface area contributed by atoms with Crippen LogP contribution in [0.25, 0.3) is 11.8 Å². The van der Waals surface area contributed by atoms with E-state index >= 15 is 0 Å². The van der Waals surface area contributed by atoms with Crippen LogP contribution in [0.1, 0.15) is 35.2 Å². The molecule has 1 aliphatic heterocycles. The number of hydrogen-bond donors (Lipinski definition) is 0. The zero-order valence-corrected chi connectivity index (χ0v) is 26.2. The van der Waals surface area contributed by atoms with Crippen LogP contribution in [0.15, 0.2) is 118 Å². The molecular formula is C36H29ClN2O5S. The molecule has 1 aliphatic rings. The quantitative estimate of drug-likeness (QED) is 0.181. The Hall–Kier alpha value is -4.92. The van der Waals surface area contributed by atoms with Gasteiger partial charge in [0.05, 0.1) is 35.6 Å². The largest absolute Gasteiger partial charge is 0.497 e. The van der Waals surface area contributed by atoms with Gasteiger partial charge in [0.1, 0.15) is 18.1 Å². The highest BCUT2D eigenvalue weighted by Crippen LogP contribution is 2.35. The fraction of sp³-hybridized carbons (Fsp3) is 0.139. The Morgan fingerprint density at radius 1 is 0.978 bits per heavy atom. The van der Waals surface area contributed by atoms with Crippen LogP contribution < -0.4 is 24.4 Å². The number of aromatic nitrogens is 1. The van der Waals surface area contributed by atoms with E-state index in [0.29, 0.717) is 49.3 Å². The van der Waals surface area contributed by atoms with Crippen molar-refractivity contribution in [2.45, 2.75) is 19.6 Å². The molecule has 0 spiro atoms. The summed E-state index contributed by atoms with van der Waals surface area (Å²) in [6, 6.07) is 31.1. The van der Waals surface area contributed by atoms with Crippen LogP contribution in [0.3, 0.4) is 0 Å². The molecule has 226 valence electrons. The minimum Gasteiger partial charge on any atom is -0.497 e. The van der Waals surface area contributed by atoms with Crippen molar-refractivity contribution in [1.82, 2.24) is 4.57 Å². The van der Waals surface area contributed by atoms with Gasteiger partial charge in [0, 0.05) is 16.1 Å². The number of hydrogen-bond acceptors (Lipinski definition) is 7.